The van der Waals surface area contributed by atoms with Crippen molar-refractivity contribution >= 4 is 34.4 Å². The maximum absolute atomic E-state index is 14.0. The zero-order chi connectivity index (χ0) is 47.2. The molecule has 332 valence electrons. The summed E-state index contributed by atoms with van der Waals surface area (Å²) in [6.07, 6.45) is 0. The fourth-order valence-electron chi connectivity index (χ4n) is 6.09. The Balaban J connectivity index is 0.000000280. The van der Waals surface area contributed by atoms with Crippen LogP contribution in [0.5, 0.6) is 0 Å². The summed E-state index contributed by atoms with van der Waals surface area (Å²) in [5.74, 6) is -21.7. The van der Waals surface area contributed by atoms with Gasteiger partial charge in [-0.1, -0.05) is 95.1 Å². The second kappa shape index (κ2) is 21.8. The molecule has 19 heteroatoms. The fourth-order valence-corrected chi connectivity index (χ4v) is 6.09. The van der Waals surface area contributed by atoms with Gasteiger partial charge >= 0.3 is 19.5 Å². The Bertz CT molecular complexity index is 2570. The van der Waals surface area contributed by atoms with Gasteiger partial charge in [0.05, 0.1) is 11.4 Å². The van der Waals surface area contributed by atoms with Gasteiger partial charge in [-0.2, -0.15) is 0 Å². The first-order valence-corrected chi connectivity index (χ1v) is 18.9. The SMILES string of the molecule is Cc1ccc(/C(N=Nc2c(C)cc(C)cc2C)=N/[N-]c2c(F)c(F)c(F)c(F)c2F)cc1.Cc1ccc(/C(N=Nc2c(C)cc(C)cc2C)=N/[N-]c2c(F)c(F)c(F)c(F)c2F)cc1.[Zn+2]. The number of hydrogen-bond donors (Lipinski definition) is 0. The van der Waals surface area contributed by atoms with Crippen molar-refractivity contribution in [3.05, 3.63) is 197 Å². The minimum Gasteiger partial charge on any atom is -0.569 e. The van der Waals surface area contributed by atoms with Gasteiger partial charge in [-0.3, -0.25) is 0 Å². The number of aryl methyl sites for hydroxylation is 8. The molecule has 0 spiro atoms. The molecular formula is C46H36F10N8Zn. The van der Waals surface area contributed by atoms with Crippen LogP contribution in [-0.4, -0.2) is 11.7 Å². The van der Waals surface area contributed by atoms with E-state index in [0.717, 1.165) is 44.5 Å². The van der Waals surface area contributed by atoms with Crippen molar-refractivity contribution in [2.24, 2.45) is 30.7 Å². The first-order valence-electron chi connectivity index (χ1n) is 18.9. The van der Waals surface area contributed by atoms with Gasteiger partial charge in [0.15, 0.2) is 69.8 Å². The standard InChI is InChI=1S/2C23H18F5N4.Zn/c2*1-11-5-7-15(8-6-11)23(31-29-21-13(3)9-12(2)10-14(21)4)32-30-22-19(27)17(25)16(24)18(26)20(22)28;/h2*5-10H,1-4H3;/q2*-1;+2/b2*31-29?,32-23-;. The molecule has 0 N–H and O–H groups in total. The summed E-state index contributed by atoms with van der Waals surface area (Å²) in [5, 5.41) is 23.8. The van der Waals surface area contributed by atoms with E-state index >= 15 is 0 Å². The molecule has 0 saturated heterocycles. The Hall–Kier alpha value is -6.62. The van der Waals surface area contributed by atoms with Gasteiger partial charge in [0.1, 0.15) is 0 Å². The summed E-state index contributed by atoms with van der Waals surface area (Å²) >= 11 is 0. The second-order valence-electron chi connectivity index (χ2n) is 14.5. The normalized spacial score (nSPS) is 11.8. The predicted octanol–water partition coefficient (Wildman–Crippen LogP) is 15.5. The molecule has 0 radical (unpaired) electrons. The third-order valence-corrected chi connectivity index (χ3v) is 9.24. The Morgan fingerprint density at radius 3 is 0.862 bits per heavy atom. The number of nitrogens with zero attached hydrogens (tertiary/aromatic N) is 8. The van der Waals surface area contributed by atoms with Crippen molar-refractivity contribution in [3.8, 4) is 0 Å². The van der Waals surface area contributed by atoms with Crippen LogP contribution in [0.15, 0.2) is 103 Å². The monoisotopic (exact) mass is 954 g/mol. The number of hydrogen-bond acceptors (Lipinski definition) is 4. The van der Waals surface area contributed by atoms with E-state index in [1.807, 2.05) is 79.7 Å². The van der Waals surface area contributed by atoms with Gasteiger partial charge in [-0.15, -0.1) is 20.5 Å². The van der Waals surface area contributed by atoms with Crippen LogP contribution in [0.3, 0.4) is 0 Å². The van der Waals surface area contributed by atoms with Crippen molar-refractivity contribution in [2.75, 3.05) is 0 Å². The molecule has 0 aliphatic rings. The van der Waals surface area contributed by atoms with E-state index in [0.29, 0.717) is 22.5 Å². The molecule has 0 heterocycles. The third kappa shape index (κ3) is 11.9. The number of amidine groups is 2. The van der Waals surface area contributed by atoms with Crippen LogP contribution < -0.4 is 0 Å². The Kier molecular flexibility index (Phi) is 17.1. The summed E-state index contributed by atoms with van der Waals surface area (Å²) in [4.78, 5) is 0. The van der Waals surface area contributed by atoms with Crippen molar-refractivity contribution in [2.45, 2.75) is 55.4 Å². The van der Waals surface area contributed by atoms with Crippen molar-refractivity contribution in [3.63, 3.8) is 0 Å². The molecule has 0 saturated carbocycles. The van der Waals surface area contributed by atoms with Crippen LogP contribution >= 0.6 is 0 Å². The molecule has 6 aromatic rings. The van der Waals surface area contributed by atoms with Crippen molar-refractivity contribution in [1.29, 1.82) is 0 Å². The number of halogens is 10. The van der Waals surface area contributed by atoms with E-state index in [9.17, 15) is 43.9 Å². The van der Waals surface area contributed by atoms with Crippen LogP contribution in [0.2, 0.25) is 0 Å². The van der Waals surface area contributed by atoms with Crippen LogP contribution in [0, 0.1) is 114 Å². The number of rotatable bonds is 8. The first kappa shape index (κ1) is 51.0. The molecule has 0 atom stereocenters. The fraction of sp³-hybridized carbons (Fsp3) is 0.174. The van der Waals surface area contributed by atoms with E-state index in [1.54, 1.807) is 48.5 Å². The van der Waals surface area contributed by atoms with Crippen LogP contribution in [-0.2, 0) is 19.5 Å². The Labute approximate surface area is 380 Å². The molecule has 8 nitrogen and oxygen atoms in total. The minimum absolute atomic E-state index is 0. The molecule has 0 fully saturated rings. The van der Waals surface area contributed by atoms with Gasteiger partial charge < -0.3 is 21.1 Å². The summed E-state index contributed by atoms with van der Waals surface area (Å²) in [7, 11) is 0. The van der Waals surface area contributed by atoms with Crippen molar-refractivity contribution < 1.29 is 63.4 Å². The zero-order valence-electron chi connectivity index (χ0n) is 36.0. The van der Waals surface area contributed by atoms with E-state index in [1.165, 1.54) is 0 Å². The van der Waals surface area contributed by atoms with Gasteiger partial charge in [-0.05, 0) is 89.0 Å². The van der Waals surface area contributed by atoms with Crippen molar-refractivity contribution in [1.82, 2.24) is 0 Å². The molecule has 0 unspecified atom stereocenters. The summed E-state index contributed by atoms with van der Waals surface area (Å²) in [5.41, 5.74) is 12.9. The van der Waals surface area contributed by atoms with Crippen LogP contribution in [0.25, 0.3) is 10.9 Å². The maximum Gasteiger partial charge on any atom is 2.00 e. The molecule has 65 heavy (non-hydrogen) atoms. The van der Waals surface area contributed by atoms with Gasteiger partial charge in [0.25, 0.3) is 0 Å². The number of azo groups is 2. The van der Waals surface area contributed by atoms with Gasteiger partial charge in [0.2, 0.25) is 0 Å². The van der Waals surface area contributed by atoms with E-state index in [2.05, 4.69) is 41.5 Å². The molecule has 0 aliphatic heterocycles. The van der Waals surface area contributed by atoms with Gasteiger partial charge in [0, 0.05) is 11.1 Å². The molecule has 0 bridgehead atoms. The molecule has 0 amide bonds. The maximum atomic E-state index is 14.0. The van der Waals surface area contributed by atoms with Crippen LogP contribution in [0.4, 0.5) is 66.7 Å². The average molecular weight is 956 g/mol. The smallest absolute Gasteiger partial charge is 0.569 e. The number of benzene rings is 6. The molecule has 6 aromatic carbocycles. The predicted molar refractivity (Wildman–Crippen MR) is 224 cm³/mol. The largest absolute Gasteiger partial charge is 2.00 e. The zero-order valence-corrected chi connectivity index (χ0v) is 39.0. The average Bonchev–Trinajstić information content (AvgIpc) is 3.25. The Morgan fingerprint density at radius 1 is 0.354 bits per heavy atom. The van der Waals surface area contributed by atoms with E-state index < -0.39 is 69.5 Å². The minimum atomic E-state index is -2.27. The summed E-state index contributed by atoms with van der Waals surface area (Å²) in [6, 6.07) is 21.1. The van der Waals surface area contributed by atoms with Crippen LogP contribution in [0.1, 0.15) is 55.6 Å². The summed E-state index contributed by atoms with van der Waals surface area (Å²) < 4.78 is 136. The molecular weight excluding hydrogens is 920 g/mol. The first-order chi connectivity index (χ1) is 30.2. The third-order valence-electron chi connectivity index (χ3n) is 9.24. The van der Waals surface area contributed by atoms with E-state index in [-0.39, 0.29) is 31.1 Å². The summed E-state index contributed by atoms with van der Waals surface area (Å²) in [6.45, 7) is 14.9. The molecule has 0 aliphatic carbocycles. The topological polar surface area (TPSA) is 102 Å². The quantitative estimate of drug-likeness (QED) is 0.0212. The second-order valence-corrected chi connectivity index (χ2v) is 14.5. The molecule has 0 aromatic heterocycles. The Morgan fingerprint density at radius 2 is 0.600 bits per heavy atom. The van der Waals surface area contributed by atoms with Gasteiger partial charge in [-0.25, -0.2) is 43.9 Å². The molecule has 6 rings (SSSR count). The van der Waals surface area contributed by atoms with E-state index in [4.69, 9.17) is 0 Å².